The summed E-state index contributed by atoms with van der Waals surface area (Å²) in [5, 5.41) is 5.06. The summed E-state index contributed by atoms with van der Waals surface area (Å²) < 4.78 is 0. The van der Waals surface area contributed by atoms with Gasteiger partial charge in [0.1, 0.15) is 0 Å². The van der Waals surface area contributed by atoms with E-state index < -0.39 is 0 Å². The van der Waals surface area contributed by atoms with Crippen molar-refractivity contribution in [1.82, 2.24) is 9.97 Å². The molecule has 0 atom stereocenters. The van der Waals surface area contributed by atoms with E-state index >= 15 is 0 Å². The number of fused-ring (bicyclic) bond motifs is 5. The van der Waals surface area contributed by atoms with Gasteiger partial charge in [0.15, 0.2) is 5.82 Å². The highest BCUT2D eigenvalue weighted by Crippen LogP contribution is 2.53. The van der Waals surface area contributed by atoms with Crippen LogP contribution >= 0.6 is 0 Å². The zero-order valence-electron chi connectivity index (χ0n) is 29.7. The molecule has 0 fully saturated rings. The van der Waals surface area contributed by atoms with Crippen LogP contribution in [0.4, 0.5) is 0 Å². The summed E-state index contributed by atoms with van der Waals surface area (Å²) in [5.41, 5.74) is 15.1. The van der Waals surface area contributed by atoms with E-state index in [1.807, 2.05) is 18.2 Å². The van der Waals surface area contributed by atoms with Gasteiger partial charge in [-0.25, -0.2) is 9.97 Å². The summed E-state index contributed by atoms with van der Waals surface area (Å²) in [6.45, 7) is 4.71. The van der Waals surface area contributed by atoms with E-state index in [0.717, 1.165) is 28.1 Å². The fourth-order valence-corrected chi connectivity index (χ4v) is 8.20. The van der Waals surface area contributed by atoms with Crippen molar-refractivity contribution >= 4 is 21.5 Å². The van der Waals surface area contributed by atoms with Gasteiger partial charge in [-0.1, -0.05) is 172 Å². The van der Waals surface area contributed by atoms with Gasteiger partial charge < -0.3 is 0 Å². The third-order valence-electron chi connectivity index (χ3n) is 11.1. The minimum atomic E-state index is -0.0798. The Morgan fingerprint density at radius 1 is 0.340 bits per heavy atom. The molecule has 10 rings (SSSR count). The highest BCUT2D eigenvalue weighted by atomic mass is 14.9. The molecule has 8 aromatic carbocycles. The maximum absolute atomic E-state index is 5.12. The van der Waals surface area contributed by atoms with Crippen LogP contribution in [0.25, 0.3) is 88.8 Å². The van der Waals surface area contributed by atoms with Crippen molar-refractivity contribution in [3.8, 4) is 67.3 Å². The molecule has 2 heteroatoms. The first kappa shape index (κ1) is 31.1. The van der Waals surface area contributed by atoms with Gasteiger partial charge in [0.2, 0.25) is 0 Å². The highest BCUT2D eigenvalue weighted by Gasteiger charge is 2.37. The van der Waals surface area contributed by atoms with Crippen LogP contribution in [0.15, 0.2) is 182 Å². The molecule has 2 nitrogen and oxygen atoms in total. The van der Waals surface area contributed by atoms with Gasteiger partial charge in [0, 0.05) is 22.1 Å². The number of rotatable bonds is 5. The molecular formula is C51H36N2. The van der Waals surface area contributed by atoms with Crippen molar-refractivity contribution < 1.29 is 0 Å². The van der Waals surface area contributed by atoms with Crippen LogP contribution in [-0.4, -0.2) is 9.97 Å². The first-order chi connectivity index (χ1) is 26.0. The Morgan fingerprint density at radius 3 is 1.57 bits per heavy atom. The molecule has 9 aromatic rings. The number of benzene rings is 8. The normalized spacial score (nSPS) is 12.9. The number of hydrogen-bond acceptors (Lipinski definition) is 2. The lowest BCUT2D eigenvalue weighted by molar-refractivity contribution is 0.661. The molecule has 0 bridgehead atoms. The molecule has 0 N–H and O–H groups in total. The van der Waals surface area contributed by atoms with E-state index in [1.165, 1.54) is 66.1 Å². The maximum Gasteiger partial charge on any atom is 0.160 e. The summed E-state index contributed by atoms with van der Waals surface area (Å²) in [6.07, 6.45) is 0. The zero-order chi connectivity index (χ0) is 35.5. The molecule has 250 valence electrons. The molecule has 0 saturated carbocycles. The minimum absolute atomic E-state index is 0.0798. The van der Waals surface area contributed by atoms with Gasteiger partial charge in [-0.2, -0.15) is 0 Å². The first-order valence-electron chi connectivity index (χ1n) is 18.3. The van der Waals surface area contributed by atoms with Crippen LogP contribution in [0.2, 0.25) is 0 Å². The predicted molar refractivity (Wildman–Crippen MR) is 222 cm³/mol. The first-order valence-corrected chi connectivity index (χ1v) is 18.3. The molecule has 0 saturated heterocycles. The standard InChI is InChI=1S/C51H36N2/c1-51(2)45-18-10-17-43(49(45)44-30-40-15-8-9-16-41(40)31-46(44)51)35-22-26-37(27-23-35)48-32-47(52-50(53-48)38-12-4-3-5-13-38)36-24-19-34(20-25-36)42-28-21-33-11-6-7-14-39(33)29-42/h3-32H,1-2H3. The van der Waals surface area contributed by atoms with Gasteiger partial charge in [-0.05, 0) is 90.3 Å². The van der Waals surface area contributed by atoms with E-state index in [9.17, 15) is 0 Å². The quantitative estimate of drug-likeness (QED) is 0.181. The van der Waals surface area contributed by atoms with E-state index in [0.29, 0.717) is 5.82 Å². The largest absolute Gasteiger partial charge is 0.228 e. The molecule has 0 amide bonds. The van der Waals surface area contributed by atoms with E-state index in [4.69, 9.17) is 9.97 Å². The SMILES string of the molecule is CC1(C)c2cc3ccccc3cc2-c2c(-c3ccc(-c4cc(-c5ccc(-c6ccc7ccccc7c6)cc5)nc(-c5ccccc5)n4)cc3)cccc21. The van der Waals surface area contributed by atoms with Crippen LogP contribution in [0.3, 0.4) is 0 Å². The van der Waals surface area contributed by atoms with E-state index in [2.05, 4.69) is 178 Å². The molecule has 1 aliphatic rings. The fourth-order valence-electron chi connectivity index (χ4n) is 8.20. The van der Waals surface area contributed by atoms with E-state index in [1.54, 1.807) is 0 Å². The van der Waals surface area contributed by atoms with Crippen molar-refractivity contribution in [1.29, 1.82) is 0 Å². The zero-order valence-corrected chi connectivity index (χ0v) is 29.7. The minimum Gasteiger partial charge on any atom is -0.228 e. The molecule has 0 aliphatic heterocycles. The Hall–Kier alpha value is -6.64. The Labute approximate surface area is 310 Å². The lowest BCUT2D eigenvalue weighted by atomic mass is 9.81. The van der Waals surface area contributed by atoms with Crippen LogP contribution in [0.1, 0.15) is 25.0 Å². The van der Waals surface area contributed by atoms with Gasteiger partial charge in [-0.15, -0.1) is 0 Å². The van der Waals surface area contributed by atoms with Crippen LogP contribution < -0.4 is 0 Å². The van der Waals surface area contributed by atoms with Gasteiger partial charge in [-0.3, -0.25) is 0 Å². The summed E-state index contributed by atoms with van der Waals surface area (Å²) in [5.74, 6) is 0.715. The second-order valence-corrected chi connectivity index (χ2v) is 14.6. The van der Waals surface area contributed by atoms with Crippen LogP contribution in [0.5, 0.6) is 0 Å². The summed E-state index contributed by atoms with van der Waals surface area (Å²) in [4.78, 5) is 10.2. The van der Waals surface area contributed by atoms with Crippen molar-refractivity contribution in [2.75, 3.05) is 0 Å². The molecule has 1 aliphatic carbocycles. The molecule has 1 aromatic heterocycles. The Kier molecular flexibility index (Phi) is 7.19. The summed E-state index contributed by atoms with van der Waals surface area (Å²) in [7, 11) is 0. The molecule has 0 spiro atoms. The van der Waals surface area contributed by atoms with Gasteiger partial charge >= 0.3 is 0 Å². The average molecular weight is 677 g/mol. The third kappa shape index (κ3) is 5.34. The second-order valence-electron chi connectivity index (χ2n) is 14.6. The smallest absolute Gasteiger partial charge is 0.160 e. The molecule has 1 heterocycles. The predicted octanol–water partition coefficient (Wildman–Crippen LogP) is 13.4. The number of hydrogen-bond donors (Lipinski definition) is 0. The monoisotopic (exact) mass is 676 g/mol. The molecule has 0 unspecified atom stereocenters. The maximum atomic E-state index is 5.12. The number of aromatic nitrogens is 2. The highest BCUT2D eigenvalue weighted by molar-refractivity contribution is 5.98. The lowest BCUT2D eigenvalue weighted by Gasteiger charge is -2.22. The van der Waals surface area contributed by atoms with E-state index in [-0.39, 0.29) is 5.41 Å². The molecule has 53 heavy (non-hydrogen) atoms. The third-order valence-corrected chi connectivity index (χ3v) is 11.1. The lowest BCUT2D eigenvalue weighted by Crippen LogP contribution is -2.14. The van der Waals surface area contributed by atoms with Gasteiger partial charge in [0.05, 0.1) is 11.4 Å². The fraction of sp³-hybridized carbons (Fsp3) is 0.0588. The Morgan fingerprint density at radius 2 is 0.887 bits per heavy atom. The second kappa shape index (κ2) is 12.3. The summed E-state index contributed by atoms with van der Waals surface area (Å²) in [6, 6.07) is 65.4. The Balaban J connectivity index is 1.04. The topological polar surface area (TPSA) is 25.8 Å². The molecular weight excluding hydrogens is 641 g/mol. The van der Waals surface area contributed by atoms with Crippen molar-refractivity contribution in [2.24, 2.45) is 0 Å². The number of nitrogens with zero attached hydrogens (tertiary/aromatic N) is 2. The van der Waals surface area contributed by atoms with Crippen molar-refractivity contribution in [2.45, 2.75) is 19.3 Å². The van der Waals surface area contributed by atoms with Crippen molar-refractivity contribution in [3.63, 3.8) is 0 Å². The van der Waals surface area contributed by atoms with Crippen LogP contribution in [0, 0.1) is 0 Å². The summed E-state index contributed by atoms with van der Waals surface area (Å²) >= 11 is 0. The van der Waals surface area contributed by atoms with Crippen molar-refractivity contribution in [3.05, 3.63) is 193 Å². The average Bonchev–Trinajstić information content (AvgIpc) is 3.45. The van der Waals surface area contributed by atoms with Crippen LogP contribution in [-0.2, 0) is 5.41 Å². The molecule has 0 radical (unpaired) electrons. The Bertz CT molecular complexity index is 2830. The van der Waals surface area contributed by atoms with Gasteiger partial charge in [0.25, 0.3) is 0 Å².